The molecular formula is C9H17NO. The zero-order chi connectivity index (χ0) is 9.07. The number of hydrogen-bond acceptors (Lipinski definition) is 2. The van der Waals surface area contributed by atoms with E-state index >= 15 is 0 Å². The fraction of sp³-hybridized carbons (Fsp3) is 0.667. The Bertz CT molecular complexity index is 174. The highest BCUT2D eigenvalue weighted by molar-refractivity contribution is 5.96. The van der Waals surface area contributed by atoms with Gasteiger partial charge in [0.2, 0.25) is 0 Å². The molecule has 0 bridgehead atoms. The molecule has 0 rings (SSSR count). The van der Waals surface area contributed by atoms with Crippen molar-refractivity contribution in [3.63, 3.8) is 0 Å². The third-order valence-electron chi connectivity index (χ3n) is 1.07. The summed E-state index contributed by atoms with van der Waals surface area (Å²) in [6.07, 6.45) is 0. The fourth-order valence-corrected chi connectivity index (χ4v) is 0.283. The monoisotopic (exact) mass is 155 g/mol. The lowest BCUT2D eigenvalue weighted by Crippen LogP contribution is -2.16. The molecule has 0 N–H and O–H groups in total. The first-order valence-corrected chi connectivity index (χ1v) is 3.71. The van der Waals surface area contributed by atoms with Gasteiger partial charge in [0, 0.05) is 0 Å². The summed E-state index contributed by atoms with van der Waals surface area (Å²) in [7, 11) is 0. The Morgan fingerprint density at radius 2 is 1.73 bits per heavy atom. The van der Waals surface area contributed by atoms with E-state index in [4.69, 9.17) is 4.84 Å². The van der Waals surface area contributed by atoms with E-state index in [1.807, 2.05) is 34.6 Å². The Morgan fingerprint density at radius 3 is 2.00 bits per heavy atom. The molecule has 0 unspecified atom stereocenters. The predicted molar refractivity (Wildman–Crippen MR) is 48.8 cm³/mol. The Kier molecular flexibility index (Phi) is 3.30. The summed E-state index contributed by atoms with van der Waals surface area (Å²) in [5.74, 6) is 0. The lowest BCUT2D eigenvalue weighted by atomic mass is 10.2. The molecule has 64 valence electrons. The van der Waals surface area contributed by atoms with Crippen LogP contribution in [0.5, 0.6) is 0 Å². The molecule has 2 heteroatoms. The van der Waals surface area contributed by atoms with Gasteiger partial charge in [-0.2, -0.15) is 0 Å². The van der Waals surface area contributed by atoms with Crippen molar-refractivity contribution in [1.82, 2.24) is 0 Å². The maximum Gasteiger partial charge on any atom is 0.129 e. The normalized spacial score (nSPS) is 13.0. The highest BCUT2D eigenvalue weighted by Crippen LogP contribution is 2.07. The molecular weight excluding hydrogens is 138 g/mol. The van der Waals surface area contributed by atoms with Crippen LogP contribution in [0, 0.1) is 0 Å². The van der Waals surface area contributed by atoms with Gasteiger partial charge in [-0.15, -0.1) is 0 Å². The first-order chi connectivity index (χ1) is 4.83. The molecule has 2 nitrogen and oxygen atoms in total. The maximum atomic E-state index is 5.18. The molecule has 0 saturated heterocycles. The van der Waals surface area contributed by atoms with Gasteiger partial charge in [-0.1, -0.05) is 11.7 Å². The number of nitrogens with zero attached hydrogens (tertiary/aromatic N) is 1. The van der Waals surface area contributed by atoms with Gasteiger partial charge in [0.05, 0.1) is 5.71 Å². The molecule has 0 amide bonds. The highest BCUT2D eigenvalue weighted by atomic mass is 16.6. The first-order valence-electron chi connectivity index (χ1n) is 3.71. The van der Waals surface area contributed by atoms with Gasteiger partial charge in [0.1, 0.15) is 5.60 Å². The van der Waals surface area contributed by atoms with Crippen molar-refractivity contribution >= 4 is 5.71 Å². The molecule has 0 aromatic rings. The maximum absolute atomic E-state index is 5.18. The minimum Gasteiger partial charge on any atom is -0.390 e. The molecule has 0 aromatic heterocycles. The number of hydrogen-bond donors (Lipinski definition) is 0. The van der Waals surface area contributed by atoms with Crippen LogP contribution in [0.4, 0.5) is 0 Å². The number of allylic oxidation sites excluding steroid dienone is 1. The fourth-order valence-electron chi connectivity index (χ4n) is 0.283. The van der Waals surface area contributed by atoms with Crippen LogP contribution in [0.2, 0.25) is 0 Å². The van der Waals surface area contributed by atoms with Crippen LogP contribution in [-0.4, -0.2) is 11.3 Å². The lowest BCUT2D eigenvalue weighted by Gasteiger charge is -2.15. The SMILES string of the molecule is C=C(C)/C(C)=N/OC(C)(C)C. The van der Waals surface area contributed by atoms with Gasteiger partial charge >= 0.3 is 0 Å². The Hall–Kier alpha value is -0.790. The molecule has 11 heavy (non-hydrogen) atoms. The van der Waals surface area contributed by atoms with Gasteiger partial charge in [0.15, 0.2) is 0 Å². The molecule has 0 spiro atoms. The van der Waals surface area contributed by atoms with E-state index in [2.05, 4.69) is 11.7 Å². The van der Waals surface area contributed by atoms with Crippen LogP contribution < -0.4 is 0 Å². The second-order valence-corrected chi connectivity index (χ2v) is 3.66. The third-order valence-corrected chi connectivity index (χ3v) is 1.07. The minimum atomic E-state index is -0.212. The topological polar surface area (TPSA) is 21.6 Å². The van der Waals surface area contributed by atoms with Gasteiger partial charge in [0.25, 0.3) is 0 Å². The van der Waals surface area contributed by atoms with Crippen molar-refractivity contribution in [3.05, 3.63) is 12.2 Å². The van der Waals surface area contributed by atoms with Crippen molar-refractivity contribution in [2.24, 2.45) is 5.16 Å². The van der Waals surface area contributed by atoms with Gasteiger partial charge in [-0.25, -0.2) is 0 Å². The molecule has 0 heterocycles. The van der Waals surface area contributed by atoms with E-state index in [0.29, 0.717) is 0 Å². The van der Waals surface area contributed by atoms with Crippen LogP contribution in [0.15, 0.2) is 17.3 Å². The molecule has 0 atom stereocenters. The van der Waals surface area contributed by atoms with Crippen LogP contribution in [0.25, 0.3) is 0 Å². The quantitative estimate of drug-likeness (QED) is 0.444. The summed E-state index contributed by atoms with van der Waals surface area (Å²) in [6, 6.07) is 0. The van der Waals surface area contributed by atoms with E-state index in [0.717, 1.165) is 11.3 Å². The van der Waals surface area contributed by atoms with E-state index in [9.17, 15) is 0 Å². The second kappa shape index (κ2) is 3.56. The van der Waals surface area contributed by atoms with Crippen molar-refractivity contribution < 1.29 is 4.84 Å². The standard InChI is InChI=1S/C9H17NO/c1-7(2)8(3)10-11-9(4,5)6/h1H2,2-6H3/b10-8+. The molecule has 0 aliphatic rings. The van der Waals surface area contributed by atoms with Crippen molar-refractivity contribution in [2.75, 3.05) is 0 Å². The summed E-state index contributed by atoms with van der Waals surface area (Å²) >= 11 is 0. The Labute approximate surface area is 68.9 Å². The average Bonchev–Trinajstić information content (AvgIpc) is 1.80. The van der Waals surface area contributed by atoms with Crippen molar-refractivity contribution in [1.29, 1.82) is 0 Å². The zero-order valence-corrected chi connectivity index (χ0v) is 8.06. The van der Waals surface area contributed by atoms with Crippen LogP contribution in [0.1, 0.15) is 34.6 Å². The molecule has 0 radical (unpaired) electrons. The summed E-state index contributed by atoms with van der Waals surface area (Å²) in [6.45, 7) is 13.4. The smallest absolute Gasteiger partial charge is 0.129 e. The lowest BCUT2D eigenvalue weighted by molar-refractivity contribution is 0.000925. The van der Waals surface area contributed by atoms with E-state index < -0.39 is 0 Å². The van der Waals surface area contributed by atoms with Gasteiger partial charge in [-0.3, -0.25) is 0 Å². The van der Waals surface area contributed by atoms with E-state index in [1.165, 1.54) is 0 Å². The van der Waals surface area contributed by atoms with Crippen LogP contribution in [0.3, 0.4) is 0 Å². The average molecular weight is 155 g/mol. The van der Waals surface area contributed by atoms with Gasteiger partial charge in [-0.05, 0) is 40.2 Å². The van der Waals surface area contributed by atoms with E-state index in [-0.39, 0.29) is 5.60 Å². The highest BCUT2D eigenvalue weighted by Gasteiger charge is 2.09. The minimum absolute atomic E-state index is 0.212. The molecule has 0 aliphatic carbocycles. The predicted octanol–water partition coefficient (Wildman–Crippen LogP) is 2.75. The Morgan fingerprint density at radius 1 is 1.27 bits per heavy atom. The molecule has 0 saturated carbocycles. The summed E-state index contributed by atoms with van der Waals surface area (Å²) < 4.78 is 0. The van der Waals surface area contributed by atoms with Gasteiger partial charge < -0.3 is 4.84 Å². The largest absolute Gasteiger partial charge is 0.390 e. The summed E-state index contributed by atoms with van der Waals surface area (Å²) in [5, 5.41) is 3.91. The van der Waals surface area contributed by atoms with Crippen LogP contribution in [-0.2, 0) is 4.84 Å². The van der Waals surface area contributed by atoms with Crippen LogP contribution >= 0.6 is 0 Å². The number of oxime groups is 1. The summed E-state index contributed by atoms with van der Waals surface area (Å²) in [4.78, 5) is 5.18. The summed E-state index contributed by atoms with van der Waals surface area (Å²) in [5.41, 5.74) is 1.57. The Balaban J connectivity index is 4.04. The molecule has 0 fully saturated rings. The number of rotatable bonds is 2. The molecule has 0 aromatic carbocycles. The van der Waals surface area contributed by atoms with Crippen molar-refractivity contribution in [2.45, 2.75) is 40.2 Å². The van der Waals surface area contributed by atoms with E-state index in [1.54, 1.807) is 0 Å². The van der Waals surface area contributed by atoms with Crippen molar-refractivity contribution in [3.8, 4) is 0 Å². The third kappa shape index (κ3) is 5.64. The first kappa shape index (κ1) is 10.2. The second-order valence-electron chi connectivity index (χ2n) is 3.66. The zero-order valence-electron chi connectivity index (χ0n) is 8.06. The molecule has 0 aliphatic heterocycles.